The van der Waals surface area contributed by atoms with E-state index >= 15 is 0 Å². The van der Waals surface area contributed by atoms with Gasteiger partial charge in [-0.05, 0) is 43.2 Å². The van der Waals surface area contributed by atoms with Crippen molar-refractivity contribution in [1.82, 2.24) is 5.32 Å². The van der Waals surface area contributed by atoms with Crippen molar-refractivity contribution >= 4 is 16.7 Å². The molecule has 0 saturated heterocycles. The minimum absolute atomic E-state index is 0.0500. The van der Waals surface area contributed by atoms with Gasteiger partial charge in [0.2, 0.25) is 0 Å². The van der Waals surface area contributed by atoms with Gasteiger partial charge < -0.3 is 10.1 Å². The second-order valence-electron chi connectivity index (χ2n) is 6.93. The number of carbonyl (C=O) groups excluding carboxylic acids is 1. The van der Waals surface area contributed by atoms with Gasteiger partial charge in [-0.3, -0.25) is 4.79 Å². The van der Waals surface area contributed by atoms with E-state index in [1.54, 1.807) is 0 Å². The largest absolute Gasteiger partial charge is 0.480 e. The summed E-state index contributed by atoms with van der Waals surface area (Å²) < 4.78 is 6.09. The van der Waals surface area contributed by atoms with Crippen molar-refractivity contribution in [2.24, 2.45) is 0 Å². The zero-order valence-corrected chi connectivity index (χ0v) is 16.0. The second-order valence-corrected chi connectivity index (χ2v) is 6.93. The molecule has 27 heavy (non-hydrogen) atoms. The van der Waals surface area contributed by atoms with Crippen LogP contribution in [0.15, 0.2) is 72.8 Å². The molecule has 0 aliphatic heterocycles. The van der Waals surface area contributed by atoms with Gasteiger partial charge in [0.1, 0.15) is 5.75 Å². The number of fused-ring (bicyclic) bond motifs is 1. The summed E-state index contributed by atoms with van der Waals surface area (Å²) in [5.74, 6) is 0.707. The van der Waals surface area contributed by atoms with Crippen LogP contribution in [0, 0.1) is 0 Å². The summed E-state index contributed by atoms with van der Waals surface area (Å²) in [4.78, 5) is 12.7. The molecule has 0 aromatic heterocycles. The van der Waals surface area contributed by atoms with Gasteiger partial charge in [0.15, 0.2) is 6.10 Å². The fourth-order valence-electron chi connectivity index (χ4n) is 3.21. The average molecular weight is 361 g/mol. The fourth-order valence-corrected chi connectivity index (χ4v) is 3.21. The summed E-state index contributed by atoms with van der Waals surface area (Å²) in [6, 6.07) is 24.5. The first-order chi connectivity index (χ1) is 13.2. The lowest BCUT2D eigenvalue weighted by atomic mass is 10.1. The average Bonchev–Trinajstić information content (AvgIpc) is 2.71. The van der Waals surface area contributed by atoms with E-state index in [2.05, 4.69) is 29.6 Å². The predicted octanol–water partition coefficient (Wildman–Crippen LogP) is 5.13. The van der Waals surface area contributed by atoms with E-state index in [1.165, 1.54) is 5.56 Å². The summed E-state index contributed by atoms with van der Waals surface area (Å²) in [6.45, 7) is 4.02. The van der Waals surface area contributed by atoms with Gasteiger partial charge in [0.25, 0.3) is 5.91 Å². The van der Waals surface area contributed by atoms with Crippen molar-refractivity contribution in [3.8, 4) is 5.75 Å². The number of rotatable bonds is 8. The molecule has 1 N–H and O–H groups in total. The fraction of sp³-hybridized carbons (Fsp3) is 0.292. The highest BCUT2D eigenvalue weighted by atomic mass is 16.5. The molecule has 3 rings (SSSR count). The minimum Gasteiger partial charge on any atom is -0.480 e. The van der Waals surface area contributed by atoms with Crippen molar-refractivity contribution in [3.05, 3.63) is 78.4 Å². The highest BCUT2D eigenvalue weighted by molar-refractivity contribution is 5.89. The van der Waals surface area contributed by atoms with E-state index in [1.807, 2.05) is 62.4 Å². The van der Waals surface area contributed by atoms with Crippen LogP contribution in [0.2, 0.25) is 0 Å². The van der Waals surface area contributed by atoms with Gasteiger partial charge in [0.05, 0.1) is 0 Å². The first kappa shape index (κ1) is 19.0. The lowest BCUT2D eigenvalue weighted by Gasteiger charge is -2.21. The zero-order chi connectivity index (χ0) is 19.1. The molecule has 3 nitrogen and oxygen atoms in total. The molecule has 3 heteroatoms. The van der Waals surface area contributed by atoms with Crippen molar-refractivity contribution in [2.75, 3.05) is 0 Å². The van der Waals surface area contributed by atoms with E-state index in [-0.39, 0.29) is 11.9 Å². The van der Waals surface area contributed by atoms with Crippen LogP contribution < -0.4 is 10.1 Å². The molecule has 2 atom stereocenters. The monoisotopic (exact) mass is 361 g/mol. The van der Waals surface area contributed by atoms with Gasteiger partial charge in [0, 0.05) is 11.4 Å². The molecule has 3 aromatic carbocycles. The zero-order valence-electron chi connectivity index (χ0n) is 16.0. The number of aryl methyl sites for hydroxylation is 1. The molecule has 0 heterocycles. The summed E-state index contributed by atoms with van der Waals surface area (Å²) in [5, 5.41) is 5.25. The molecule has 0 aliphatic carbocycles. The number of hydrogen-bond acceptors (Lipinski definition) is 2. The van der Waals surface area contributed by atoms with E-state index in [0.29, 0.717) is 6.42 Å². The third-order valence-electron chi connectivity index (χ3n) is 4.78. The summed E-state index contributed by atoms with van der Waals surface area (Å²) in [7, 11) is 0. The molecule has 0 radical (unpaired) electrons. The van der Waals surface area contributed by atoms with Crippen LogP contribution in [0.1, 0.15) is 32.3 Å². The lowest BCUT2D eigenvalue weighted by molar-refractivity contribution is -0.128. The van der Waals surface area contributed by atoms with Crippen molar-refractivity contribution in [3.63, 3.8) is 0 Å². The maximum absolute atomic E-state index is 12.7. The first-order valence-corrected chi connectivity index (χ1v) is 9.66. The summed E-state index contributed by atoms with van der Waals surface area (Å²) >= 11 is 0. The molecule has 0 saturated carbocycles. The molecule has 140 valence electrons. The standard InChI is InChI=1S/C24H27NO2/c1-3-22(27-23-15-9-13-20-12-7-8-14-21(20)23)24(26)25-18(2)16-17-19-10-5-4-6-11-19/h4-15,18,22H,3,16-17H2,1-2H3,(H,25,26)/t18-,22-/m1/s1. The SMILES string of the molecule is CC[C@@H](Oc1cccc2ccccc12)C(=O)N[C@H](C)CCc1ccccc1. The minimum atomic E-state index is -0.491. The van der Waals surface area contributed by atoms with Gasteiger partial charge in [-0.15, -0.1) is 0 Å². The Hall–Kier alpha value is -2.81. The van der Waals surface area contributed by atoms with Gasteiger partial charge in [-0.2, -0.15) is 0 Å². The highest BCUT2D eigenvalue weighted by Gasteiger charge is 2.20. The molecular formula is C24H27NO2. The van der Waals surface area contributed by atoms with E-state index in [4.69, 9.17) is 4.74 Å². The van der Waals surface area contributed by atoms with Crippen LogP contribution in [0.5, 0.6) is 5.75 Å². The summed E-state index contributed by atoms with van der Waals surface area (Å²) in [6.07, 6.45) is 1.99. The Bertz CT molecular complexity index is 870. The number of hydrogen-bond donors (Lipinski definition) is 1. The van der Waals surface area contributed by atoms with Crippen LogP contribution >= 0.6 is 0 Å². The smallest absolute Gasteiger partial charge is 0.261 e. The van der Waals surface area contributed by atoms with E-state index in [0.717, 1.165) is 29.4 Å². The molecular weight excluding hydrogens is 334 g/mol. The topological polar surface area (TPSA) is 38.3 Å². The molecule has 1 amide bonds. The van der Waals surface area contributed by atoms with Crippen molar-refractivity contribution < 1.29 is 9.53 Å². The van der Waals surface area contributed by atoms with Crippen molar-refractivity contribution in [2.45, 2.75) is 45.3 Å². The van der Waals surface area contributed by atoms with Crippen LogP contribution in [0.4, 0.5) is 0 Å². The summed E-state index contributed by atoms with van der Waals surface area (Å²) in [5.41, 5.74) is 1.29. The number of nitrogens with one attached hydrogen (secondary N) is 1. The maximum atomic E-state index is 12.7. The second kappa shape index (κ2) is 9.22. The molecule has 0 bridgehead atoms. The van der Waals surface area contributed by atoms with Gasteiger partial charge in [-0.25, -0.2) is 0 Å². The number of carbonyl (C=O) groups is 1. The maximum Gasteiger partial charge on any atom is 0.261 e. The molecule has 3 aromatic rings. The third kappa shape index (κ3) is 5.10. The first-order valence-electron chi connectivity index (χ1n) is 9.66. The normalized spacial score (nSPS) is 13.1. The number of amides is 1. The van der Waals surface area contributed by atoms with Crippen LogP contribution in [0.3, 0.4) is 0 Å². The third-order valence-corrected chi connectivity index (χ3v) is 4.78. The predicted molar refractivity (Wildman–Crippen MR) is 111 cm³/mol. The molecule has 0 spiro atoms. The molecule has 0 fully saturated rings. The number of benzene rings is 3. The van der Waals surface area contributed by atoms with Crippen molar-refractivity contribution in [1.29, 1.82) is 0 Å². The number of ether oxygens (including phenoxy) is 1. The van der Waals surface area contributed by atoms with Crippen LogP contribution in [-0.2, 0) is 11.2 Å². The Morgan fingerprint density at radius 3 is 2.44 bits per heavy atom. The Kier molecular flexibility index (Phi) is 6.48. The van der Waals surface area contributed by atoms with Gasteiger partial charge >= 0.3 is 0 Å². The van der Waals surface area contributed by atoms with Crippen LogP contribution in [0.25, 0.3) is 10.8 Å². The van der Waals surface area contributed by atoms with E-state index in [9.17, 15) is 4.79 Å². The quantitative estimate of drug-likeness (QED) is 0.604. The Balaban J connectivity index is 1.60. The van der Waals surface area contributed by atoms with Gasteiger partial charge in [-0.1, -0.05) is 73.7 Å². The molecule has 0 aliphatic rings. The highest BCUT2D eigenvalue weighted by Crippen LogP contribution is 2.26. The molecule has 0 unspecified atom stereocenters. The Morgan fingerprint density at radius 2 is 1.67 bits per heavy atom. The van der Waals surface area contributed by atoms with Crippen LogP contribution in [-0.4, -0.2) is 18.1 Å². The lowest BCUT2D eigenvalue weighted by Crippen LogP contribution is -2.42. The van der Waals surface area contributed by atoms with E-state index < -0.39 is 6.10 Å². The Morgan fingerprint density at radius 1 is 0.963 bits per heavy atom. The Labute approximate surface area is 161 Å².